The van der Waals surface area contributed by atoms with Gasteiger partial charge in [0, 0.05) is 62.4 Å². The van der Waals surface area contributed by atoms with Gasteiger partial charge < -0.3 is 9.88 Å². The van der Waals surface area contributed by atoms with Gasteiger partial charge in [-0.15, -0.1) is 0 Å². The van der Waals surface area contributed by atoms with Gasteiger partial charge >= 0.3 is 0 Å². The third-order valence-corrected chi connectivity index (χ3v) is 4.71. The van der Waals surface area contributed by atoms with Crippen molar-refractivity contribution < 1.29 is 0 Å². The molecular formula is C20H22N6O. The molecule has 7 heteroatoms. The standard InChI is InChI=1S/C20H22N6O/c1-15-13-18(27)24-19(23-15)17-5-3-16(4-6-17)14-25-9-11-26(12-10-25)20-21-7-2-8-22-20/h2-8,13H,9-12,14H2,1H3,(H,23,24,27). The molecule has 1 aliphatic heterocycles. The number of nitrogens with zero attached hydrogens (tertiary/aromatic N) is 5. The van der Waals surface area contributed by atoms with E-state index in [9.17, 15) is 4.79 Å². The number of benzene rings is 1. The van der Waals surface area contributed by atoms with E-state index in [1.54, 1.807) is 12.4 Å². The average molecular weight is 362 g/mol. The summed E-state index contributed by atoms with van der Waals surface area (Å²) in [4.78, 5) is 32.1. The van der Waals surface area contributed by atoms with Gasteiger partial charge in [-0.25, -0.2) is 15.0 Å². The Hall–Kier alpha value is -3.06. The molecule has 1 aliphatic rings. The number of H-pyrrole nitrogens is 1. The second kappa shape index (κ2) is 7.67. The maximum Gasteiger partial charge on any atom is 0.251 e. The Morgan fingerprint density at radius 3 is 2.41 bits per heavy atom. The fourth-order valence-electron chi connectivity index (χ4n) is 3.30. The fraction of sp³-hybridized carbons (Fsp3) is 0.300. The van der Waals surface area contributed by atoms with Gasteiger partial charge in [0.2, 0.25) is 5.95 Å². The molecule has 0 spiro atoms. The highest BCUT2D eigenvalue weighted by molar-refractivity contribution is 5.55. The molecule has 0 saturated carbocycles. The smallest absolute Gasteiger partial charge is 0.251 e. The summed E-state index contributed by atoms with van der Waals surface area (Å²) in [6, 6.07) is 11.6. The highest BCUT2D eigenvalue weighted by Crippen LogP contribution is 2.17. The van der Waals surface area contributed by atoms with Crippen LogP contribution < -0.4 is 10.5 Å². The van der Waals surface area contributed by atoms with E-state index in [1.807, 2.05) is 25.1 Å². The second-order valence-corrected chi connectivity index (χ2v) is 6.74. The normalized spacial score (nSPS) is 15.1. The van der Waals surface area contributed by atoms with Gasteiger partial charge in [-0.3, -0.25) is 9.69 Å². The van der Waals surface area contributed by atoms with Gasteiger partial charge in [0.05, 0.1) is 0 Å². The lowest BCUT2D eigenvalue weighted by Gasteiger charge is -2.34. The molecule has 27 heavy (non-hydrogen) atoms. The topological polar surface area (TPSA) is 78.0 Å². The van der Waals surface area contributed by atoms with Crippen LogP contribution >= 0.6 is 0 Å². The molecular weight excluding hydrogens is 340 g/mol. The van der Waals surface area contributed by atoms with Crippen LogP contribution in [0, 0.1) is 6.92 Å². The summed E-state index contributed by atoms with van der Waals surface area (Å²) >= 11 is 0. The molecule has 3 aromatic rings. The Morgan fingerprint density at radius 2 is 1.74 bits per heavy atom. The van der Waals surface area contributed by atoms with Crippen LogP contribution in [0.4, 0.5) is 5.95 Å². The van der Waals surface area contributed by atoms with Crippen LogP contribution in [0.25, 0.3) is 11.4 Å². The first-order valence-corrected chi connectivity index (χ1v) is 9.09. The zero-order valence-corrected chi connectivity index (χ0v) is 15.3. The molecule has 1 N–H and O–H groups in total. The van der Waals surface area contributed by atoms with Crippen molar-refractivity contribution >= 4 is 5.95 Å². The molecule has 0 atom stereocenters. The van der Waals surface area contributed by atoms with Crippen LogP contribution in [-0.2, 0) is 6.54 Å². The number of rotatable bonds is 4. The summed E-state index contributed by atoms with van der Waals surface area (Å²) in [7, 11) is 0. The Morgan fingerprint density at radius 1 is 1.04 bits per heavy atom. The first kappa shape index (κ1) is 17.4. The summed E-state index contributed by atoms with van der Waals surface area (Å²) in [5, 5.41) is 0. The van der Waals surface area contributed by atoms with Gasteiger partial charge in [-0.2, -0.15) is 0 Å². The lowest BCUT2D eigenvalue weighted by Crippen LogP contribution is -2.46. The van der Waals surface area contributed by atoms with Gasteiger partial charge in [0.25, 0.3) is 5.56 Å². The molecule has 3 heterocycles. The number of aromatic nitrogens is 4. The lowest BCUT2D eigenvalue weighted by atomic mass is 10.1. The van der Waals surface area contributed by atoms with Crippen LogP contribution in [0.1, 0.15) is 11.3 Å². The van der Waals surface area contributed by atoms with Crippen LogP contribution in [0.15, 0.2) is 53.6 Å². The van der Waals surface area contributed by atoms with Crippen molar-refractivity contribution in [1.82, 2.24) is 24.8 Å². The number of hydrogen-bond donors (Lipinski definition) is 1. The molecule has 0 radical (unpaired) electrons. The molecule has 1 fully saturated rings. The molecule has 138 valence electrons. The van der Waals surface area contributed by atoms with E-state index in [2.05, 4.69) is 41.9 Å². The first-order valence-electron chi connectivity index (χ1n) is 9.09. The highest BCUT2D eigenvalue weighted by Gasteiger charge is 2.18. The van der Waals surface area contributed by atoms with E-state index < -0.39 is 0 Å². The minimum atomic E-state index is -0.123. The van der Waals surface area contributed by atoms with Crippen LogP contribution in [0.5, 0.6) is 0 Å². The Balaban J connectivity index is 1.37. The number of nitrogens with one attached hydrogen (secondary N) is 1. The van der Waals surface area contributed by atoms with Crippen LogP contribution in [0.2, 0.25) is 0 Å². The van der Waals surface area contributed by atoms with Crippen molar-refractivity contribution in [1.29, 1.82) is 0 Å². The molecule has 0 aliphatic carbocycles. The predicted molar refractivity (Wildman–Crippen MR) is 105 cm³/mol. The molecule has 1 saturated heterocycles. The predicted octanol–water partition coefficient (Wildman–Crippen LogP) is 1.86. The summed E-state index contributed by atoms with van der Waals surface area (Å²) in [5.41, 5.74) is 2.77. The number of hydrogen-bond acceptors (Lipinski definition) is 6. The quantitative estimate of drug-likeness (QED) is 0.763. The minimum Gasteiger partial charge on any atom is -0.338 e. The van der Waals surface area contributed by atoms with E-state index in [0.717, 1.165) is 49.9 Å². The third kappa shape index (κ3) is 4.20. The summed E-state index contributed by atoms with van der Waals surface area (Å²) < 4.78 is 0. The molecule has 4 rings (SSSR count). The summed E-state index contributed by atoms with van der Waals surface area (Å²) in [5.74, 6) is 1.42. The Bertz CT molecular complexity index is 946. The molecule has 1 aromatic carbocycles. The summed E-state index contributed by atoms with van der Waals surface area (Å²) in [6.45, 7) is 6.54. The first-order chi connectivity index (χ1) is 13.2. The zero-order chi connectivity index (χ0) is 18.6. The summed E-state index contributed by atoms with van der Waals surface area (Å²) in [6.07, 6.45) is 3.57. The molecule has 0 bridgehead atoms. The largest absolute Gasteiger partial charge is 0.338 e. The van der Waals surface area contributed by atoms with Crippen LogP contribution in [-0.4, -0.2) is 51.0 Å². The van der Waals surface area contributed by atoms with Gasteiger partial charge in [0.1, 0.15) is 5.82 Å². The number of aryl methyl sites for hydroxylation is 1. The van der Waals surface area contributed by atoms with Crippen molar-refractivity contribution in [3.63, 3.8) is 0 Å². The number of piperazine rings is 1. The monoisotopic (exact) mass is 362 g/mol. The van der Waals surface area contributed by atoms with E-state index in [-0.39, 0.29) is 5.56 Å². The van der Waals surface area contributed by atoms with Gasteiger partial charge in [0.15, 0.2) is 0 Å². The van der Waals surface area contributed by atoms with Crippen molar-refractivity contribution in [3.05, 3.63) is 70.4 Å². The van der Waals surface area contributed by atoms with Crippen LogP contribution in [0.3, 0.4) is 0 Å². The van der Waals surface area contributed by atoms with Crippen molar-refractivity contribution in [2.45, 2.75) is 13.5 Å². The average Bonchev–Trinajstić information content (AvgIpc) is 2.69. The number of anilines is 1. The SMILES string of the molecule is Cc1cc(=O)[nH]c(-c2ccc(CN3CCN(c4ncccn4)CC3)cc2)n1. The van der Waals surface area contributed by atoms with E-state index in [0.29, 0.717) is 5.82 Å². The molecule has 0 unspecified atom stereocenters. The van der Waals surface area contributed by atoms with E-state index in [1.165, 1.54) is 11.6 Å². The molecule has 2 aromatic heterocycles. The van der Waals surface area contributed by atoms with Gasteiger partial charge in [-0.1, -0.05) is 24.3 Å². The van der Waals surface area contributed by atoms with E-state index >= 15 is 0 Å². The third-order valence-electron chi connectivity index (χ3n) is 4.71. The van der Waals surface area contributed by atoms with Crippen molar-refractivity contribution in [2.24, 2.45) is 0 Å². The zero-order valence-electron chi connectivity index (χ0n) is 15.3. The molecule has 7 nitrogen and oxygen atoms in total. The maximum atomic E-state index is 11.6. The van der Waals surface area contributed by atoms with E-state index in [4.69, 9.17) is 0 Å². The maximum absolute atomic E-state index is 11.6. The van der Waals surface area contributed by atoms with Crippen molar-refractivity contribution in [3.8, 4) is 11.4 Å². The number of aromatic amines is 1. The molecule has 0 amide bonds. The Kier molecular flexibility index (Phi) is 4.93. The van der Waals surface area contributed by atoms with Gasteiger partial charge in [-0.05, 0) is 18.6 Å². The van der Waals surface area contributed by atoms with Crippen molar-refractivity contribution in [2.75, 3.05) is 31.1 Å². The fourth-order valence-corrected chi connectivity index (χ4v) is 3.30. The highest BCUT2D eigenvalue weighted by atomic mass is 16.1. The Labute approximate surface area is 157 Å². The lowest BCUT2D eigenvalue weighted by molar-refractivity contribution is 0.248. The second-order valence-electron chi connectivity index (χ2n) is 6.74. The minimum absolute atomic E-state index is 0.123.